The summed E-state index contributed by atoms with van der Waals surface area (Å²) in [6, 6.07) is 6.37. The zero-order valence-electron chi connectivity index (χ0n) is 11.1. The van der Waals surface area contributed by atoms with Gasteiger partial charge < -0.3 is 15.4 Å². The second kappa shape index (κ2) is 7.19. The van der Waals surface area contributed by atoms with Gasteiger partial charge >= 0.3 is 6.61 Å². The van der Waals surface area contributed by atoms with Crippen molar-refractivity contribution >= 4 is 5.91 Å². The second-order valence-corrected chi connectivity index (χ2v) is 4.71. The molecule has 1 atom stereocenters. The highest BCUT2D eigenvalue weighted by Crippen LogP contribution is 2.15. The van der Waals surface area contributed by atoms with Crippen molar-refractivity contribution in [3.8, 4) is 5.75 Å². The summed E-state index contributed by atoms with van der Waals surface area (Å²) in [6.07, 6.45) is 2.57. The Morgan fingerprint density at radius 3 is 2.75 bits per heavy atom. The van der Waals surface area contributed by atoms with Crippen molar-refractivity contribution < 1.29 is 18.3 Å². The lowest BCUT2D eigenvalue weighted by Gasteiger charge is -2.11. The Morgan fingerprint density at radius 2 is 2.15 bits per heavy atom. The van der Waals surface area contributed by atoms with E-state index in [1.165, 1.54) is 12.1 Å². The monoisotopic (exact) mass is 284 g/mol. The van der Waals surface area contributed by atoms with Crippen molar-refractivity contribution in [2.75, 3.05) is 13.1 Å². The van der Waals surface area contributed by atoms with Crippen LogP contribution >= 0.6 is 0 Å². The Balaban J connectivity index is 1.72. The fourth-order valence-electron chi connectivity index (χ4n) is 2.20. The van der Waals surface area contributed by atoms with Crippen molar-refractivity contribution in [1.82, 2.24) is 10.6 Å². The summed E-state index contributed by atoms with van der Waals surface area (Å²) in [6.45, 7) is -1.38. The number of hydrogen-bond acceptors (Lipinski definition) is 3. The molecule has 1 aliphatic heterocycles. The minimum atomic E-state index is -2.81. The van der Waals surface area contributed by atoms with Crippen LogP contribution in [0.4, 0.5) is 8.78 Å². The Bertz CT molecular complexity index is 431. The highest BCUT2D eigenvalue weighted by Gasteiger charge is 2.21. The summed E-state index contributed by atoms with van der Waals surface area (Å²) in [5, 5.41) is 6.00. The number of amides is 1. The van der Waals surface area contributed by atoms with Gasteiger partial charge in [0.2, 0.25) is 5.91 Å². The first-order valence-electron chi connectivity index (χ1n) is 6.70. The maximum Gasteiger partial charge on any atom is 0.387 e. The van der Waals surface area contributed by atoms with Crippen LogP contribution in [-0.2, 0) is 11.2 Å². The quantitative estimate of drug-likeness (QED) is 0.836. The molecule has 0 aliphatic carbocycles. The van der Waals surface area contributed by atoms with Crippen LogP contribution in [0.5, 0.6) is 5.75 Å². The number of carbonyl (C=O) groups is 1. The largest absolute Gasteiger partial charge is 0.435 e. The van der Waals surface area contributed by atoms with Gasteiger partial charge in [0, 0.05) is 6.54 Å². The summed E-state index contributed by atoms with van der Waals surface area (Å²) in [5.41, 5.74) is 0.964. The highest BCUT2D eigenvalue weighted by molar-refractivity contribution is 5.81. The third-order valence-electron chi connectivity index (χ3n) is 3.24. The van der Waals surface area contributed by atoms with E-state index >= 15 is 0 Å². The summed E-state index contributed by atoms with van der Waals surface area (Å²) >= 11 is 0. The van der Waals surface area contributed by atoms with Gasteiger partial charge in [-0.2, -0.15) is 8.78 Å². The Labute approximate surface area is 116 Å². The van der Waals surface area contributed by atoms with Gasteiger partial charge in [0.05, 0.1) is 6.04 Å². The third kappa shape index (κ3) is 4.45. The van der Waals surface area contributed by atoms with Crippen LogP contribution in [0.25, 0.3) is 0 Å². The molecule has 110 valence electrons. The molecule has 0 spiro atoms. The molecule has 0 aromatic heterocycles. The minimum absolute atomic E-state index is 0.0279. The lowest BCUT2D eigenvalue weighted by atomic mass is 10.1. The van der Waals surface area contributed by atoms with Crippen LogP contribution in [-0.4, -0.2) is 31.7 Å². The van der Waals surface area contributed by atoms with E-state index in [9.17, 15) is 13.6 Å². The first-order valence-corrected chi connectivity index (χ1v) is 6.70. The van der Waals surface area contributed by atoms with Gasteiger partial charge in [0.25, 0.3) is 0 Å². The molecule has 0 saturated carbocycles. The molecule has 0 radical (unpaired) electrons. The molecular formula is C14H18F2N2O2. The maximum atomic E-state index is 12.0. The molecule has 1 aromatic rings. The van der Waals surface area contributed by atoms with Crippen LogP contribution in [0, 0.1) is 0 Å². The zero-order chi connectivity index (χ0) is 14.4. The van der Waals surface area contributed by atoms with Crippen LogP contribution in [0.3, 0.4) is 0 Å². The van der Waals surface area contributed by atoms with Gasteiger partial charge in [-0.3, -0.25) is 4.79 Å². The smallest absolute Gasteiger partial charge is 0.387 e. The third-order valence-corrected chi connectivity index (χ3v) is 3.24. The number of carbonyl (C=O) groups excluding carboxylic acids is 1. The van der Waals surface area contributed by atoms with Gasteiger partial charge in [0.15, 0.2) is 0 Å². The first kappa shape index (κ1) is 14.7. The molecule has 1 fully saturated rings. The summed E-state index contributed by atoms with van der Waals surface area (Å²) in [7, 11) is 0. The predicted molar refractivity (Wildman–Crippen MR) is 70.8 cm³/mol. The number of nitrogens with one attached hydrogen (secondary N) is 2. The normalized spacial score (nSPS) is 18.2. The Morgan fingerprint density at radius 1 is 1.40 bits per heavy atom. The molecule has 0 bridgehead atoms. The number of halogens is 2. The predicted octanol–water partition coefficient (Wildman–Crippen LogP) is 1.70. The zero-order valence-corrected chi connectivity index (χ0v) is 11.1. The van der Waals surface area contributed by atoms with Crippen LogP contribution in [0.2, 0.25) is 0 Å². The lowest BCUT2D eigenvalue weighted by Crippen LogP contribution is -2.41. The van der Waals surface area contributed by atoms with E-state index in [1.54, 1.807) is 12.1 Å². The number of ether oxygens (including phenoxy) is 1. The molecule has 6 heteroatoms. The molecule has 1 aliphatic rings. The van der Waals surface area contributed by atoms with Gasteiger partial charge in [-0.15, -0.1) is 0 Å². The molecule has 1 unspecified atom stereocenters. The maximum absolute atomic E-state index is 12.0. The Kier molecular flexibility index (Phi) is 5.29. The van der Waals surface area contributed by atoms with Crippen LogP contribution in [0.1, 0.15) is 18.4 Å². The molecular weight excluding hydrogens is 266 g/mol. The van der Waals surface area contributed by atoms with E-state index in [1.807, 2.05) is 0 Å². The summed E-state index contributed by atoms with van der Waals surface area (Å²) in [4.78, 5) is 11.7. The fourth-order valence-corrected chi connectivity index (χ4v) is 2.20. The topological polar surface area (TPSA) is 50.4 Å². The molecule has 20 heavy (non-hydrogen) atoms. The Hall–Kier alpha value is -1.69. The van der Waals surface area contributed by atoms with Crippen molar-refractivity contribution in [2.45, 2.75) is 31.9 Å². The van der Waals surface area contributed by atoms with E-state index in [2.05, 4.69) is 15.4 Å². The summed E-state index contributed by atoms with van der Waals surface area (Å²) < 4.78 is 28.2. The average Bonchev–Trinajstić information content (AvgIpc) is 2.94. The molecule has 1 amide bonds. The molecule has 2 rings (SSSR count). The van der Waals surface area contributed by atoms with E-state index in [0.29, 0.717) is 13.0 Å². The SMILES string of the molecule is O=C(NCCc1ccc(OC(F)F)cc1)C1CCCN1. The van der Waals surface area contributed by atoms with Gasteiger partial charge in [0.1, 0.15) is 5.75 Å². The van der Waals surface area contributed by atoms with Crippen molar-refractivity contribution in [3.05, 3.63) is 29.8 Å². The van der Waals surface area contributed by atoms with E-state index in [4.69, 9.17) is 0 Å². The lowest BCUT2D eigenvalue weighted by molar-refractivity contribution is -0.122. The van der Waals surface area contributed by atoms with Gasteiger partial charge in [-0.05, 0) is 43.5 Å². The summed E-state index contributed by atoms with van der Waals surface area (Å²) in [5.74, 6) is 0.170. The average molecular weight is 284 g/mol. The number of hydrogen-bond donors (Lipinski definition) is 2. The second-order valence-electron chi connectivity index (χ2n) is 4.71. The molecule has 2 N–H and O–H groups in total. The van der Waals surface area contributed by atoms with E-state index < -0.39 is 6.61 Å². The standard InChI is InChI=1S/C14H18F2N2O2/c15-14(16)20-11-5-3-10(4-6-11)7-9-18-13(19)12-2-1-8-17-12/h3-6,12,14,17H,1-2,7-9H2,(H,18,19). The number of alkyl halides is 2. The van der Waals surface area contributed by atoms with Crippen LogP contribution in [0.15, 0.2) is 24.3 Å². The number of rotatable bonds is 6. The molecule has 1 saturated heterocycles. The van der Waals surface area contributed by atoms with Crippen molar-refractivity contribution in [2.24, 2.45) is 0 Å². The van der Waals surface area contributed by atoms with Crippen LogP contribution < -0.4 is 15.4 Å². The molecule has 1 heterocycles. The van der Waals surface area contributed by atoms with Gasteiger partial charge in [-0.1, -0.05) is 12.1 Å². The minimum Gasteiger partial charge on any atom is -0.435 e. The molecule has 1 aromatic carbocycles. The van der Waals surface area contributed by atoms with Crippen molar-refractivity contribution in [1.29, 1.82) is 0 Å². The highest BCUT2D eigenvalue weighted by atomic mass is 19.3. The first-order chi connectivity index (χ1) is 9.65. The van der Waals surface area contributed by atoms with E-state index in [0.717, 1.165) is 24.9 Å². The molecule has 4 nitrogen and oxygen atoms in total. The van der Waals surface area contributed by atoms with Gasteiger partial charge in [-0.25, -0.2) is 0 Å². The van der Waals surface area contributed by atoms with Crippen molar-refractivity contribution in [3.63, 3.8) is 0 Å². The van der Waals surface area contributed by atoms with E-state index in [-0.39, 0.29) is 17.7 Å². The number of benzene rings is 1. The fraction of sp³-hybridized carbons (Fsp3) is 0.500.